The molecule has 7 heteroatoms. The van der Waals surface area contributed by atoms with Gasteiger partial charge in [-0.25, -0.2) is 0 Å². The third-order valence-electron chi connectivity index (χ3n) is 3.13. The van der Waals surface area contributed by atoms with Crippen molar-refractivity contribution in [1.29, 1.82) is 0 Å². The van der Waals surface area contributed by atoms with Gasteiger partial charge in [0.15, 0.2) is 0 Å². The molecule has 18 heavy (non-hydrogen) atoms. The second-order valence-corrected chi connectivity index (χ2v) is 7.23. The molecule has 1 N–H and O–H groups in total. The van der Waals surface area contributed by atoms with Crippen molar-refractivity contribution < 1.29 is 23.2 Å². The topological polar surface area (TPSA) is 68.2 Å². The van der Waals surface area contributed by atoms with Gasteiger partial charge in [0.05, 0.1) is 0 Å². The zero-order chi connectivity index (χ0) is 14.2. The second kappa shape index (κ2) is 8.60. The smallest absolute Gasteiger partial charge is 0.480 e. The Morgan fingerprint density at radius 3 is 2.11 bits per heavy atom. The van der Waals surface area contributed by atoms with Gasteiger partial charge in [-0.15, -0.1) is 0 Å². The highest BCUT2D eigenvalue weighted by molar-refractivity contribution is 6.60. The molecule has 0 rings (SSSR count). The van der Waals surface area contributed by atoms with Crippen molar-refractivity contribution >= 4 is 14.8 Å². The summed E-state index contributed by atoms with van der Waals surface area (Å²) in [4.78, 5) is 12.8. The summed E-state index contributed by atoms with van der Waals surface area (Å²) in [6, 6.07) is 0.241. The molecule has 0 radical (unpaired) electrons. The van der Waals surface area contributed by atoms with E-state index in [2.05, 4.69) is 0 Å². The number of rotatable bonds is 10. The average Bonchev–Trinajstić information content (AvgIpc) is 2.35. The van der Waals surface area contributed by atoms with Crippen molar-refractivity contribution in [2.24, 2.45) is 0 Å². The molecule has 0 aromatic carbocycles. The van der Waals surface area contributed by atoms with Crippen molar-refractivity contribution in [2.75, 3.05) is 34.9 Å². The standard InChI is InChI=1S/C11H25NO5Si/c1-6-10(11(13)14)12(2)8-7-9-18(15-3,16-4)17-5/h10H,6-9H2,1-5H3,(H,13,14). The third kappa shape index (κ3) is 5.03. The Labute approximate surface area is 110 Å². The molecule has 6 nitrogen and oxygen atoms in total. The van der Waals surface area contributed by atoms with E-state index in [1.54, 1.807) is 21.3 Å². The summed E-state index contributed by atoms with van der Waals surface area (Å²) in [6.07, 6.45) is 1.37. The molecule has 0 amide bonds. The van der Waals surface area contributed by atoms with Crippen molar-refractivity contribution in [1.82, 2.24) is 4.90 Å². The molecule has 0 aromatic heterocycles. The number of aliphatic carboxylic acids is 1. The fourth-order valence-electron chi connectivity index (χ4n) is 1.93. The van der Waals surface area contributed by atoms with Crippen LogP contribution in [0.15, 0.2) is 0 Å². The predicted octanol–water partition coefficient (Wildman–Crippen LogP) is 1.05. The molecule has 0 spiro atoms. The normalized spacial score (nSPS) is 13.9. The van der Waals surface area contributed by atoms with Crippen LogP contribution in [0.1, 0.15) is 19.8 Å². The fraction of sp³-hybridized carbons (Fsp3) is 0.909. The van der Waals surface area contributed by atoms with E-state index in [1.165, 1.54) is 0 Å². The maximum atomic E-state index is 11.0. The van der Waals surface area contributed by atoms with E-state index in [4.69, 9.17) is 18.4 Å². The zero-order valence-electron chi connectivity index (χ0n) is 11.9. The Morgan fingerprint density at radius 2 is 1.78 bits per heavy atom. The monoisotopic (exact) mass is 279 g/mol. The Morgan fingerprint density at radius 1 is 1.28 bits per heavy atom. The Hall–Kier alpha value is -0.473. The molecular weight excluding hydrogens is 254 g/mol. The first-order valence-corrected chi connectivity index (χ1v) is 7.98. The molecular formula is C11H25NO5Si. The molecule has 0 aliphatic carbocycles. The van der Waals surface area contributed by atoms with Crippen LogP contribution in [0.25, 0.3) is 0 Å². The predicted molar refractivity (Wildman–Crippen MR) is 70.5 cm³/mol. The van der Waals surface area contributed by atoms with E-state index in [9.17, 15) is 4.79 Å². The summed E-state index contributed by atoms with van der Waals surface area (Å²) in [6.45, 7) is 2.55. The van der Waals surface area contributed by atoms with Gasteiger partial charge >= 0.3 is 14.8 Å². The Balaban J connectivity index is 4.21. The van der Waals surface area contributed by atoms with Crippen molar-refractivity contribution in [3.05, 3.63) is 0 Å². The number of carbonyl (C=O) groups is 1. The largest absolute Gasteiger partial charge is 0.500 e. The van der Waals surface area contributed by atoms with E-state index in [0.717, 1.165) is 6.42 Å². The number of hydrogen-bond acceptors (Lipinski definition) is 5. The molecule has 0 heterocycles. The molecule has 108 valence electrons. The van der Waals surface area contributed by atoms with E-state index in [1.807, 2.05) is 18.9 Å². The van der Waals surface area contributed by atoms with Crippen molar-refractivity contribution in [3.8, 4) is 0 Å². The van der Waals surface area contributed by atoms with Crippen LogP contribution in [0.5, 0.6) is 0 Å². The summed E-state index contributed by atoms with van der Waals surface area (Å²) in [5, 5.41) is 9.03. The summed E-state index contributed by atoms with van der Waals surface area (Å²) in [5.41, 5.74) is 0. The lowest BCUT2D eigenvalue weighted by atomic mass is 10.2. The number of likely N-dealkylation sites (N-methyl/N-ethyl adjacent to an activating group) is 1. The summed E-state index contributed by atoms with van der Waals surface area (Å²) >= 11 is 0. The first kappa shape index (κ1) is 17.5. The van der Waals surface area contributed by atoms with Crippen LogP contribution < -0.4 is 0 Å². The lowest BCUT2D eigenvalue weighted by Crippen LogP contribution is -2.44. The number of hydrogen-bond donors (Lipinski definition) is 1. The molecule has 1 unspecified atom stereocenters. The molecule has 0 saturated heterocycles. The average molecular weight is 279 g/mol. The fourth-order valence-corrected chi connectivity index (χ4v) is 3.64. The maximum Gasteiger partial charge on any atom is 0.500 e. The van der Waals surface area contributed by atoms with Gasteiger partial charge in [-0.05, 0) is 26.4 Å². The first-order chi connectivity index (χ1) is 8.46. The van der Waals surface area contributed by atoms with Gasteiger partial charge in [0.2, 0.25) is 0 Å². The first-order valence-electron chi connectivity index (χ1n) is 6.04. The minimum Gasteiger partial charge on any atom is -0.480 e. The van der Waals surface area contributed by atoms with Crippen LogP contribution in [0.3, 0.4) is 0 Å². The molecule has 0 aliphatic heterocycles. The molecule has 0 saturated carbocycles. The van der Waals surface area contributed by atoms with Crippen LogP contribution in [-0.4, -0.2) is 65.7 Å². The third-order valence-corrected chi connectivity index (χ3v) is 5.96. The van der Waals surface area contributed by atoms with Gasteiger partial charge in [0.25, 0.3) is 0 Å². The van der Waals surface area contributed by atoms with E-state index in [-0.39, 0.29) is 0 Å². The van der Waals surface area contributed by atoms with Gasteiger partial charge in [-0.1, -0.05) is 6.92 Å². The molecule has 0 aliphatic rings. The van der Waals surface area contributed by atoms with Crippen LogP contribution in [0, 0.1) is 0 Å². The molecule has 0 fully saturated rings. The van der Waals surface area contributed by atoms with Gasteiger partial charge in [0, 0.05) is 27.4 Å². The highest BCUT2D eigenvalue weighted by atomic mass is 28.4. The van der Waals surface area contributed by atoms with E-state index >= 15 is 0 Å². The maximum absolute atomic E-state index is 11.0. The van der Waals surface area contributed by atoms with Gasteiger partial charge < -0.3 is 18.4 Å². The van der Waals surface area contributed by atoms with Crippen LogP contribution >= 0.6 is 0 Å². The Kier molecular flexibility index (Phi) is 8.37. The van der Waals surface area contributed by atoms with Crippen molar-refractivity contribution in [2.45, 2.75) is 31.9 Å². The summed E-state index contributed by atoms with van der Waals surface area (Å²) in [7, 11) is 4.02. The van der Waals surface area contributed by atoms with Crippen molar-refractivity contribution in [3.63, 3.8) is 0 Å². The van der Waals surface area contributed by atoms with Crippen LogP contribution in [-0.2, 0) is 18.1 Å². The van der Waals surface area contributed by atoms with Gasteiger partial charge in [-0.3, -0.25) is 9.69 Å². The van der Waals surface area contributed by atoms with E-state index in [0.29, 0.717) is 19.0 Å². The number of nitrogens with zero attached hydrogens (tertiary/aromatic N) is 1. The van der Waals surface area contributed by atoms with Crippen LogP contribution in [0.4, 0.5) is 0 Å². The number of carboxylic acid groups (broad SMARTS) is 1. The quantitative estimate of drug-likeness (QED) is 0.603. The SMILES string of the molecule is CCC(C(=O)O)N(C)CCC[Si](OC)(OC)OC. The zero-order valence-corrected chi connectivity index (χ0v) is 12.9. The molecule has 0 aromatic rings. The molecule has 1 atom stereocenters. The van der Waals surface area contributed by atoms with Gasteiger partial charge in [-0.2, -0.15) is 0 Å². The van der Waals surface area contributed by atoms with E-state index < -0.39 is 20.8 Å². The summed E-state index contributed by atoms with van der Waals surface area (Å²) < 4.78 is 15.9. The molecule has 0 bridgehead atoms. The second-order valence-electron chi connectivity index (χ2n) is 4.14. The highest BCUT2D eigenvalue weighted by Crippen LogP contribution is 2.16. The Bertz CT molecular complexity index is 239. The highest BCUT2D eigenvalue weighted by Gasteiger charge is 2.37. The minimum absolute atomic E-state index is 0.436. The lowest BCUT2D eigenvalue weighted by molar-refractivity contribution is -0.142. The number of carboxylic acids is 1. The summed E-state index contributed by atoms with van der Waals surface area (Å²) in [5.74, 6) is -0.784. The lowest BCUT2D eigenvalue weighted by Gasteiger charge is -2.27. The minimum atomic E-state index is -2.53. The van der Waals surface area contributed by atoms with Gasteiger partial charge in [0.1, 0.15) is 6.04 Å². The van der Waals surface area contributed by atoms with Crippen LogP contribution in [0.2, 0.25) is 6.04 Å².